The SMILES string of the molecule is CC1CN(c2ccc3[nH]ccc3c2)CC(C)N1C. The summed E-state index contributed by atoms with van der Waals surface area (Å²) in [4.78, 5) is 8.21. The van der Waals surface area contributed by atoms with Gasteiger partial charge in [0.1, 0.15) is 0 Å². The molecule has 1 aromatic carbocycles. The summed E-state index contributed by atoms with van der Waals surface area (Å²) in [5, 5.41) is 1.30. The van der Waals surface area contributed by atoms with Crippen molar-refractivity contribution in [1.29, 1.82) is 0 Å². The van der Waals surface area contributed by atoms with Crippen molar-refractivity contribution < 1.29 is 0 Å². The van der Waals surface area contributed by atoms with Crippen molar-refractivity contribution in [2.45, 2.75) is 25.9 Å². The summed E-state index contributed by atoms with van der Waals surface area (Å²) in [6.07, 6.45) is 2.00. The molecule has 0 bridgehead atoms. The first-order valence-corrected chi connectivity index (χ1v) is 6.69. The van der Waals surface area contributed by atoms with Crippen LogP contribution >= 0.6 is 0 Å². The Morgan fingerprint density at radius 2 is 1.83 bits per heavy atom. The third kappa shape index (κ3) is 1.89. The number of aromatic nitrogens is 1. The molecule has 2 heterocycles. The topological polar surface area (TPSA) is 22.3 Å². The molecule has 2 aromatic rings. The van der Waals surface area contributed by atoms with Crippen LogP contribution in [0.3, 0.4) is 0 Å². The van der Waals surface area contributed by atoms with Gasteiger partial charge in [0.25, 0.3) is 0 Å². The molecule has 1 aromatic heterocycles. The van der Waals surface area contributed by atoms with Crippen LogP contribution in [0.1, 0.15) is 13.8 Å². The monoisotopic (exact) mass is 243 g/mol. The van der Waals surface area contributed by atoms with E-state index < -0.39 is 0 Å². The average Bonchev–Trinajstić information content (AvgIpc) is 2.82. The molecule has 3 rings (SSSR count). The van der Waals surface area contributed by atoms with Gasteiger partial charge in [-0.25, -0.2) is 0 Å². The van der Waals surface area contributed by atoms with E-state index in [4.69, 9.17) is 0 Å². The van der Waals surface area contributed by atoms with Crippen LogP contribution < -0.4 is 4.90 Å². The minimum Gasteiger partial charge on any atom is -0.368 e. The van der Waals surface area contributed by atoms with Crippen LogP contribution in [-0.4, -0.2) is 42.1 Å². The molecule has 18 heavy (non-hydrogen) atoms. The predicted molar refractivity (Wildman–Crippen MR) is 77.2 cm³/mol. The molecule has 0 aliphatic carbocycles. The molecule has 1 saturated heterocycles. The summed E-state index contributed by atoms with van der Waals surface area (Å²) < 4.78 is 0. The molecule has 1 aliphatic rings. The smallest absolute Gasteiger partial charge is 0.0455 e. The zero-order valence-corrected chi connectivity index (χ0v) is 11.4. The maximum Gasteiger partial charge on any atom is 0.0455 e. The Labute approximate surface area is 108 Å². The Kier molecular flexibility index (Phi) is 2.78. The molecule has 1 N–H and O–H groups in total. The van der Waals surface area contributed by atoms with Gasteiger partial charge in [0.15, 0.2) is 0 Å². The highest BCUT2D eigenvalue weighted by Crippen LogP contribution is 2.25. The van der Waals surface area contributed by atoms with Crippen LogP contribution in [0, 0.1) is 0 Å². The van der Waals surface area contributed by atoms with E-state index in [1.165, 1.54) is 16.6 Å². The minimum atomic E-state index is 0.607. The highest BCUT2D eigenvalue weighted by molar-refractivity contribution is 5.83. The molecule has 0 spiro atoms. The van der Waals surface area contributed by atoms with Crippen LogP contribution in [0.25, 0.3) is 10.9 Å². The summed E-state index contributed by atoms with van der Waals surface area (Å²) in [5.41, 5.74) is 2.56. The van der Waals surface area contributed by atoms with Crippen molar-refractivity contribution in [2.24, 2.45) is 0 Å². The maximum absolute atomic E-state index is 3.25. The van der Waals surface area contributed by atoms with Crippen LogP contribution in [0.4, 0.5) is 5.69 Å². The van der Waals surface area contributed by atoms with Gasteiger partial charge in [-0.1, -0.05) is 0 Å². The van der Waals surface area contributed by atoms with Crippen molar-refractivity contribution >= 4 is 16.6 Å². The van der Waals surface area contributed by atoms with Crippen LogP contribution in [-0.2, 0) is 0 Å². The molecule has 0 radical (unpaired) electrons. The summed E-state index contributed by atoms with van der Waals surface area (Å²) in [6.45, 7) is 6.82. The van der Waals surface area contributed by atoms with E-state index in [9.17, 15) is 0 Å². The quantitative estimate of drug-likeness (QED) is 0.832. The van der Waals surface area contributed by atoms with Crippen LogP contribution in [0.5, 0.6) is 0 Å². The molecular formula is C15H21N3. The number of anilines is 1. The first kappa shape index (κ1) is 11.6. The van der Waals surface area contributed by atoms with Gasteiger partial charge < -0.3 is 9.88 Å². The normalized spacial score (nSPS) is 25.8. The van der Waals surface area contributed by atoms with Crippen molar-refractivity contribution in [3.63, 3.8) is 0 Å². The first-order valence-electron chi connectivity index (χ1n) is 6.69. The number of nitrogens with one attached hydrogen (secondary N) is 1. The Balaban J connectivity index is 1.89. The lowest BCUT2D eigenvalue weighted by Gasteiger charge is -2.43. The average molecular weight is 243 g/mol. The minimum absolute atomic E-state index is 0.607. The standard InChI is InChI=1S/C15H21N3/c1-11-9-18(10-12(2)17(11)3)14-4-5-15-13(8-14)6-7-16-15/h4-8,11-12,16H,9-10H2,1-3H3. The number of hydrogen-bond acceptors (Lipinski definition) is 2. The Bertz CT molecular complexity index is 533. The zero-order chi connectivity index (χ0) is 12.7. The zero-order valence-electron chi connectivity index (χ0n) is 11.4. The highest BCUT2D eigenvalue weighted by atomic mass is 15.3. The maximum atomic E-state index is 3.25. The summed E-state index contributed by atoms with van der Waals surface area (Å²) in [5.74, 6) is 0. The number of fused-ring (bicyclic) bond motifs is 1. The van der Waals surface area contributed by atoms with E-state index in [0.29, 0.717) is 12.1 Å². The molecule has 3 heteroatoms. The van der Waals surface area contributed by atoms with E-state index in [1.54, 1.807) is 0 Å². The molecule has 1 fully saturated rings. The largest absolute Gasteiger partial charge is 0.368 e. The number of piperazine rings is 1. The van der Waals surface area contributed by atoms with E-state index in [0.717, 1.165) is 13.1 Å². The van der Waals surface area contributed by atoms with Gasteiger partial charge in [0.05, 0.1) is 0 Å². The fourth-order valence-electron chi connectivity index (χ4n) is 2.85. The third-order valence-electron chi connectivity index (χ3n) is 4.26. The summed E-state index contributed by atoms with van der Waals surface area (Å²) in [7, 11) is 2.22. The van der Waals surface area contributed by atoms with Gasteiger partial charge in [-0.3, -0.25) is 4.90 Å². The van der Waals surface area contributed by atoms with Gasteiger partial charge in [0, 0.05) is 48.0 Å². The lowest BCUT2D eigenvalue weighted by Crippen LogP contribution is -2.55. The molecule has 1 aliphatic heterocycles. The van der Waals surface area contributed by atoms with Gasteiger partial charge in [-0.2, -0.15) is 0 Å². The first-order chi connectivity index (χ1) is 8.65. The van der Waals surface area contributed by atoms with Gasteiger partial charge in [-0.15, -0.1) is 0 Å². The lowest BCUT2D eigenvalue weighted by atomic mass is 10.1. The van der Waals surface area contributed by atoms with Gasteiger partial charge in [0.2, 0.25) is 0 Å². The van der Waals surface area contributed by atoms with Crippen molar-refractivity contribution in [3.8, 4) is 0 Å². The van der Waals surface area contributed by atoms with Gasteiger partial charge >= 0.3 is 0 Å². The molecule has 96 valence electrons. The number of rotatable bonds is 1. The molecule has 2 unspecified atom stereocenters. The Morgan fingerprint density at radius 3 is 2.56 bits per heavy atom. The number of nitrogens with zero attached hydrogens (tertiary/aromatic N) is 2. The second kappa shape index (κ2) is 4.32. The fourth-order valence-corrected chi connectivity index (χ4v) is 2.85. The van der Waals surface area contributed by atoms with E-state index >= 15 is 0 Å². The van der Waals surface area contributed by atoms with Crippen molar-refractivity contribution in [2.75, 3.05) is 25.0 Å². The summed E-state index contributed by atoms with van der Waals surface area (Å²) >= 11 is 0. The number of benzene rings is 1. The van der Waals surface area contributed by atoms with E-state index in [-0.39, 0.29) is 0 Å². The number of likely N-dealkylation sites (N-methyl/N-ethyl adjacent to an activating group) is 1. The second-order valence-electron chi connectivity index (χ2n) is 5.52. The number of aromatic amines is 1. The van der Waals surface area contributed by atoms with E-state index in [1.807, 2.05) is 6.20 Å². The number of hydrogen-bond donors (Lipinski definition) is 1. The predicted octanol–water partition coefficient (Wildman–Crippen LogP) is 2.70. The second-order valence-corrected chi connectivity index (χ2v) is 5.52. The lowest BCUT2D eigenvalue weighted by molar-refractivity contribution is 0.170. The Morgan fingerprint density at radius 1 is 1.11 bits per heavy atom. The van der Waals surface area contributed by atoms with Crippen LogP contribution in [0.15, 0.2) is 30.5 Å². The molecule has 0 saturated carbocycles. The van der Waals surface area contributed by atoms with Crippen LogP contribution in [0.2, 0.25) is 0 Å². The highest BCUT2D eigenvalue weighted by Gasteiger charge is 2.26. The molecular weight excluding hydrogens is 222 g/mol. The fraction of sp³-hybridized carbons (Fsp3) is 0.467. The van der Waals surface area contributed by atoms with Crippen molar-refractivity contribution in [3.05, 3.63) is 30.5 Å². The van der Waals surface area contributed by atoms with E-state index in [2.05, 4.69) is 59.9 Å². The molecule has 2 atom stereocenters. The molecule has 0 amide bonds. The summed E-state index contributed by atoms with van der Waals surface area (Å²) in [6, 6.07) is 10.0. The third-order valence-corrected chi connectivity index (χ3v) is 4.26. The number of H-pyrrole nitrogens is 1. The van der Waals surface area contributed by atoms with Crippen molar-refractivity contribution in [1.82, 2.24) is 9.88 Å². The molecule has 3 nitrogen and oxygen atoms in total. The Hall–Kier alpha value is -1.48. The van der Waals surface area contributed by atoms with Gasteiger partial charge in [-0.05, 0) is 45.2 Å².